The highest BCUT2D eigenvalue weighted by atomic mass is 35.5. The van der Waals surface area contributed by atoms with Gasteiger partial charge in [0.2, 0.25) is 0 Å². The Morgan fingerprint density at radius 2 is 1.85 bits per heavy atom. The average molecular weight is 288 g/mol. The molecule has 4 heteroatoms. The Bertz CT molecular complexity index is 627. The molecule has 1 heterocycles. The number of halogens is 1. The summed E-state index contributed by atoms with van der Waals surface area (Å²) < 4.78 is 11.5. The molecule has 0 fully saturated rings. The quantitative estimate of drug-likeness (QED) is 0.808. The fourth-order valence-electron chi connectivity index (χ4n) is 2.00. The Balaban J connectivity index is 1.62. The lowest BCUT2D eigenvalue weighted by Gasteiger charge is -2.25. The number of nitrogens with zero attached hydrogens (tertiary/aromatic N) is 1. The van der Waals surface area contributed by atoms with Crippen molar-refractivity contribution in [2.24, 2.45) is 4.99 Å². The highest BCUT2D eigenvalue weighted by molar-refractivity contribution is 6.33. The third-order valence-electron chi connectivity index (χ3n) is 3.01. The van der Waals surface area contributed by atoms with Gasteiger partial charge in [0.25, 0.3) is 0 Å². The summed E-state index contributed by atoms with van der Waals surface area (Å²) in [7, 11) is 0. The minimum atomic E-state index is -0.0661. The molecule has 0 saturated heterocycles. The molecule has 0 amide bonds. The van der Waals surface area contributed by atoms with Gasteiger partial charge in [0.15, 0.2) is 17.6 Å². The van der Waals surface area contributed by atoms with Crippen LogP contribution in [0, 0.1) is 0 Å². The van der Waals surface area contributed by atoms with Gasteiger partial charge < -0.3 is 9.47 Å². The lowest BCUT2D eigenvalue weighted by atomic mass is 10.2. The molecular formula is C16H14ClNO2. The highest BCUT2D eigenvalue weighted by Crippen LogP contribution is 2.30. The molecule has 1 aliphatic heterocycles. The molecule has 0 N–H and O–H groups in total. The van der Waals surface area contributed by atoms with E-state index < -0.39 is 0 Å². The molecule has 0 unspecified atom stereocenters. The number of ether oxygens (including phenoxy) is 2. The van der Waals surface area contributed by atoms with Crippen LogP contribution in [0.4, 0.5) is 0 Å². The zero-order valence-electron chi connectivity index (χ0n) is 10.8. The van der Waals surface area contributed by atoms with E-state index in [9.17, 15) is 0 Å². The topological polar surface area (TPSA) is 30.8 Å². The standard InChI is InChI=1S/C16H14ClNO2/c17-14-6-2-1-5-12(14)9-18-10-13-11-19-15-7-3-4-8-16(15)20-13/h1-9,13H,10-11H2/t13-/m1/s1. The SMILES string of the molecule is Clc1ccccc1C=NC[C@@H]1COc2ccccc2O1. The van der Waals surface area contributed by atoms with Gasteiger partial charge in [-0.1, -0.05) is 41.9 Å². The van der Waals surface area contributed by atoms with Gasteiger partial charge in [0.05, 0.1) is 6.54 Å². The molecule has 0 radical (unpaired) electrons. The summed E-state index contributed by atoms with van der Waals surface area (Å²) in [5, 5.41) is 0.697. The van der Waals surface area contributed by atoms with Crippen LogP contribution in [-0.4, -0.2) is 25.5 Å². The molecule has 20 heavy (non-hydrogen) atoms. The zero-order chi connectivity index (χ0) is 13.8. The summed E-state index contributed by atoms with van der Waals surface area (Å²) in [5.41, 5.74) is 0.909. The van der Waals surface area contributed by atoms with Crippen molar-refractivity contribution in [3.05, 3.63) is 59.1 Å². The van der Waals surface area contributed by atoms with E-state index in [0.717, 1.165) is 17.1 Å². The zero-order valence-corrected chi connectivity index (χ0v) is 11.6. The molecule has 0 aromatic heterocycles. The third-order valence-corrected chi connectivity index (χ3v) is 3.36. The Hall–Kier alpha value is -2.00. The Morgan fingerprint density at radius 1 is 1.10 bits per heavy atom. The van der Waals surface area contributed by atoms with E-state index in [-0.39, 0.29) is 6.10 Å². The summed E-state index contributed by atoms with van der Waals surface area (Å²) in [6.07, 6.45) is 1.70. The minimum absolute atomic E-state index is 0.0661. The molecule has 3 rings (SSSR count). The van der Waals surface area contributed by atoms with Crippen molar-refractivity contribution >= 4 is 17.8 Å². The van der Waals surface area contributed by atoms with Gasteiger partial charge in [-0.05, 0) is 18.2 Å². The van der Waals surface area contributed by atoms with Crippen LogP contribution < -0.4 is 9.47 Å². The first-order valence-corrected chi connectivity index (χ1v) is 6.83. The van der Waals surface area contributed by atoms with E-state index in [1.807, 2.05) is 48.5 Å². The molecule has 0 saturated carbocycles. The number of hydrogen-bond acceptors (Lipinski definition) is 3. The largest absolute Gasteiger partial charge is 0.486 e. The maximum atomic E-state index is 6.07. The first-order chi connectivity index (χ1) is 9.83. The van der Waals surface area contributed by atoms with E-state index in [1.54, 1.807) is 6.21 Å². The van der Waals surface area contributed by atoms with Gasteiger partial charge in [-0.3, -0.25) is 4.99 Å². The average Bonchev–Trinajstić information content (AvgIpc) is 2.49. The number of para-hydroxylation sites is 2. The lowest BCUT2D eigenvalue weighted by Crippen LogP contribution is -2.31. The van der Waals surface area contributed by atoms with E-state index in [4.69, 9.17) is 21.1 Å². The van der Waals surface area contributed by atoms with Crippen molar-refractivity contribution in [1.29, 1.82) is 0 Å². The summed E-state index contributed by atoms with van der Waals surface area (Å²) >= 11 is 6.07. The lowest BCUT2D eigenvalue weighted by molar-refractivity contribution is 0.0973. The summed E-state index contributed by atoms with van der Waals surface area (Å²) in [4.78, 5) is 4.38. The van der Waals surface area contributed by atoms with Crippen LogP contribution in [0.3, 0.4) is 0 Å². The third kappa shape index (κ3) is 2.94. The molecule has 2 aromatic carbocycles. The maximum absolute atomic E-state index is 6.07. The maximum Gasteiger partial charge on any atom is 0.161 e. The van der Waals surface area contributed by atoms with Crippen molar-refractivity contribution in [2.75, 3.05) is 13.2 Å². The second-order valence-corrected chi connectivity index (χ2v) is 4.92. The van der Waals surface area contributed by atoms with Crippen molar-refractivity contribution in [2.45, 2.75) is 6.10 Å². The molecular weight excluding hydrogens is 274 g/mol. The van der Waals surface area contributed by atoms with Crippen LogP contribution >= 0.6 is 11.6 Å². The predicted octanol–water partition coefficient (Wildman–Crippen LogP) is 3.60. The number of rotatable bonds is 3. The fraction of sp³-hybridized carbons (Fsp3) is 0.188. The van der Waals surface area contributed by atoms with Crippen molar-refractivity contribution in [1.82, 2.24) is 0 Å². The molecule has 3 nitrogen and oxygen atoms in total. The summed E-state index contributed by atoms with van der Waals surface area (Å²) in [6.45, 7) is 1.05. The second kappa shape index (κ2) is 5.97. The first-order valence-electron chi connectivity index (χ1n) is 6.46. The molecule has 0 bridgehead atoms. The Morgan fingerprint density at radius 3 is 2.70 bits per heavy atom. The Kier molecular flexibility index (Phi) is 3.88. The molecule has 1 atom stereocenters. The van der Waals surface area contributed by atoms with Gasteiger partial charge in [-0.25, -0.2) is 0 Å². The summed E-state index contributed by atoms with van der Waals surface area (Å²) in [5.74, 6) is 1.57. The molecule has 0 aliphatic carbocycles. The first kappa shape index (κ1) is 13.0. The van der Waals surface area contributed by atoms with Gasteiger partial charge in [0.1, 0.15) is 6.61 Å². The number of benzene rings is 2. The van der Waals surface area contributed by atoms with E-state index in [0.29, 0.717) is 18.2 Å². The van der Waals surface area contributed by atoms with Crippen LogP contribution in [0.25, 0.3) is 0 Å². The van der Waals surface area contributed by atoms with Crippen molar-refractivity contribution < 1.29 is 9.47 Å². The predicted molar refractivity (Wildman–Crippen MR) is 80.3 cm³/mol. The minimum Gasteiger partial charge on any atom is -0.486 e. The van der Waals surface area contributed by atoms with E-state index >= 15 is 0 Å². The molecule has 2 aromatic rings. The summed E-state index contributed by atoms with van der Waals surface area (Å²) in [6, 6.07) is 15.3. The number of hydrogen-bond donors (Lipinski definition) is 0. The van der Waals surface area contributed by atoms with Gasteiger partial charge >= 0.3 is 0 Å². The smallest absolute Gasteiger partial charge is 0.161 e. The van der Waals surface area contributed by atoms with Gasteiger partial charge in [-0.15, -0.1) is 0 Å². The van der Waals surface area contributed by atoms with Crippen LogP contribution in [0.1, 0.15) is 5.56 Å². The fourth-order valence-corrected chi connectivity index (χ4v) is 2.19. The van der Waals surface area contributed by atoms with Crippen LogP contribution in [0.15, 0.2) is 53.5 Å². The van der Waals surface area contributed by atoms with Gasteiger partial charge in [0, 0.05) is 16.8 Å². The van der Waals surface area contributed by atoms with Crippen LogP contribution in [0.5, 0.6) is 11.5 Å². The number of fused-ring (bicyclic) bond motifs is 1. The molecule has 102 valence electrons. The molecule has 0 spiro atoms. The number of aliphatic imine (C=N–C) groups is 1. The van der Waals surface area contributed by atoms with Crippen molar-refractivity contribution in [3.8, 4) is 11.5 Å². The van der Waals surface area contributed by atoms with Crippen LogP contribution in [-0.2, 0) is 0 Å². The normalized spacial score (nSPS) is 17.4. The Labute approximate surface area is 122 Å². The molecule has 1 aliphatic rings. The monoisotopic (exact) mass is 287 g/mol. The van der Waals surface area contributed by atoms with E-state index in [1.165, 1.54) is 0 Å². The highest BCUT2D eigenvalue weighted by Gasteiger charge is 2.19. The van der Waals surface area contributed by atoms with Gasteiger partial charge in [-0.2, -0.15) is 0 Å². The van der Waals surface area contributed by atoms with E-state index in [2.05, 4.69) is 4.99 Å². The van der Waals surface area contributed by atoms with Crippen LogP contribution in [0.2, 0.25) is 5.02 Å². The second-order valence-electron chi connectivity index (χ2n) is 4.51. The van der Waals surface area contributed by atoms with Crippen molar-refractivity contribution in [3.63, 3.8) is 0 Å².